The summed E-state index contributed by atoms with van der Waals surface area (Å²) in [6.07, 6.45) is -2.85. The number of carboxylic acids is 1. The van der Waals surface area contributed by atoms with Gasteiger partial charge in [-0.15, -0.1) is 0 Å². The van der Waals surface area contributed by atoms with Gasteiger partial charge in [-0.25, -0.2) is 13.6 Å². The quantitative estimate of drug-likeness (QED) is 0.103. The Labute approximate surface area is 244 Å². The first kappa shape index (κ1) is 34.2. The molecule has 4 unspecified atom stereocenters. The van der Waals surface area contributed by atoms with Gasteiger partial charge in [-0.05, 0) is 26.2 Å². The molecule has 0 bridgehead atoms. The van der Waals surface area contributed by atoms with E-state index in [9.17, 15) is 24.9 Å². The Morgan fingerprint density at radius 3 is 2.52 bits per heavy atom. The number of rotatable bonds is 11. The minimum absolute atomic E-state index is 0.119. The Morgan fingerprint density at radius 2 is 1.88 bits per heavy atom. The molecule has 42 heavy (non-hydrogen) atoms. The van der Waals surface area contributed by atoms with Gasteiger partial charge < -0.3 is 44.7 Å². The molecule has 0 aromatic heterocycles. The molecule has 0 spiro atoms. The lowest BCUT2D eigenvalue weighted by atomic mass is 9.71. The van der Waals surface area contributed by atoms with Crippen LogP contribution in [-0.2, 0) is 28.5 Å². The van der Waals surface area contributed by atoms with Crippen molar-refractivity contribution >= 4 is 11.9 Å². The van der Waals surface area contributed by atoms with Gasteiger partial charge in [0.1, 0.15) is 12.9 Å². The molecule has 3 aliphatic heterocycles. The highest BCUT2D eigenvalue weighted by Gasteiger charge is 2.66. The van der Waals surface area contributed by atoms with E-state index >= 15 is 8.78 Å². The molecule has 9 atom stereocenters. The predicted molar refractivity (Wildman–Crippen MR) is 145 cm³/mol. The number of aliphatic hydroxyl groups is 3. The van der Waals surface area contributed by atoms with E-state index in [1.165, 1.54) is 19.9 Å². The second-order valence-corrected chi connectivity index (χ2v) is 11.9. The topological polar surface area (TPSA) is 164 Å². The lowest BCUT2D eigenvalue weighted by Gasteiger charge is -2.54. The Balaban J connectivity index is 1.67. The number of fused-ring (bicyclic) bond motifs is 1. The second-order valence-electron chi connectivity index (χ2n) is 11.9. The molecule has 11 nitrogen and oxygen atoms in total. The van der Waals surface area contributed by atoms with Gasteiger partial charge in [0.25, 0.3) is 11.8 Å². The molecule has 3 rings (SSSR count). The predicted octanol–water partition coefficient (Wildman–Crippen LogP) is 2.40. The lowest BCUT2D eigenvalue weighted by molar-refractivity contribution is -0.372. The first-order chi connectivity index (χ1) is 19.5. The first-order valence-electron chi connectivity index (χ1n) is 14.1. The summed E-state index contributed by atoms with van der Waals surface area (Å²) in [5.41, 5.74) is -1.18. The van der Waals surface area contributed by atoms with Crippen molar-refractivity contribution in [3.8, 4) is 0 Å². The summed E-state index contributed by atoms with van der Waals surface area (Å²) in [7, 11) is 0. The van der Waals surface area contributed by atoms with Gasteiger partial charge in [0.2, 0.25) is 5.79 Å². The number of carboxylic acid groups (broad SMARTS) is 1. The van der Waals surface area contributed by atoms with Crippen LogP contribution in [0.4, 0.5) is 8.78 Å². The number of nitrogens with one attached hydrogen (secondary N) is 1. The lowest BCUT2D eigenvalue weighted by Crippen LogP contribution is -2.71. The van der Waals surface area contributed by atoms with Crippen molar-refractivity contribution in [1.82, 2.24) is 5.32 Å². The van der Waals surface area contributed by atoms with E-state index in [-0.39, 0.29) is 25.2 Å². The van der Waals surface area contributed by atoms with Gasteiger partial charge in [0.15, 0.2) is 18.4 Å². The van der Waals surface area contributed by atoms with Crippen LogP contribution < -0.4 is 5.32 Å². The minimum atomic E-state index is -3.46. The van der Waals surface area contributed by atoms with Crippen molar-refractivity contribution in [3.63, 3.8) is 0 Å². The van der Waals surface area contributed by atoms with Gasteiger partial charge in [-0.2, -0.15) is 0 Å². The standard InChI is InChI=1S/C29H43F2NO10/c1-16-14-28(38,42-18(3)17(16)2)23(36)25(37)32-26-22-24(39-15-40-26)29(30,31)27(4,5)20(41-22)13-19(33)11-9-7-6-8-10-12-21(34)35/h6,8,10,12,17-20,22-24,26,33,36,38H,1,7,9,11,13-15H2,2-5H3,(H,32,37)(H,34,35)/b8-6+,12-10+/t17-,18-,19?,20?,22+,23?,24+,26?,28-/m1/s1. The van der Waals surface area contributed by atoms with Crippen LogP contribution in [0.2, 0.25) is 0 Å². The molecule has 3 saturated heterocycles. The average molecular weight is 604 g/mol. The number of alkyl halides is 2. The molecule has 0 radical (unpaired) electrons. The molecule has 3 fully saturated rings. The third kappa shape index (κ3) is 7.44. The molecule has 3 aliphatic rings. The highest BCUT2D eigenvalue weighted by Crippen LogP contribution is 2.52. The summed E-state index contributed by atoms with van der Waals surface area (Å²) in [4.78, 5) is 23.5. The maximum Gasteiger partial charge on any atom is 0.328 e. The van der Waals surface area contributed by atoms with Crippen LogP contribution >= 0.6 is 0 Å². The summed E-state index contributed by atoms with van der Waals surface area (Å²) >= 11 is 0. The summed E-state index contributed by atoms with van der Waals surface area (Å²) in [5, 5.41) is 43.2. The fraction of sp³-hybridized carbons (Fsp3) is 0.724. The fourth-order valence-corrected chi connectivity index (χ4v) is 5.42. The van der Waals surface area contributed by atoms with E-state index in [1.54, 1.807) is 19.1 Å². The van der Waals surface area contributed by atoms with Crippen LogP contribution in [0.15, 0.2) is 36.5 Å². The van der Waals surface area contributed by atoms with Crippen LogP contribution in [-0.4, -0.2) is 93.7 Å². The van der Waals surface area contributed by atoms with E-state index < -0.39 is 78.6 Å². The molecule has 3 heterocycles. The Morgan fingerprint density at radius 1 is 1.19 bits per heavy atom. The summed E-state index contributed by atoms with van der Waals surface area (Å²) in [6.45, 7) is 9.45. The number of aliphatic hydroxyl groups excluding tert-OH is 2. The number of aliphatic carboxylic acids is 1. The Bertz CT molecular complexity index is 1050. The highest BCUT2D eigenvalue weighted by atomic mass is 19.3. The molecule has 0 aliphatic carbocycles. The smallest absolute Gasteiger partial charge is 0.328 e. The number of allylic oxidation sites excluding steroid dienone is 3. The van der Waals surface area contributed by atoms with E-state index in [4.69, 9.17) is 24.1 Å². The van der Waals surface area contributed by atoms with Gasteiger partial charge in [-0.3, -0.25) is 4.79 Å². The number of ether oxygens (including phenoxy) is 4. The molecular weight excluding hydrogens is 560 g/mol. The van der Waals surface area contributed by atoms with Crippen molar-refractivity contribution in [3.05, 3.63) is 36.5 Å². The summed E-state index contributed by atoms with van der Waals surface area (Å²) < 4.78 is 53.9. The molecule has 1 amide bonds. The van der Waals surface area contributed by atoms with Gasteiger partial charge in [-0.1, -0.05) is 51.2 Å². The highest BCUT2D eigenvalue weighted by molar-refractivity contribution is 5.82. The second kappa shape index (κ2) is 13.6. The average Bonchev–Trinajstić information content (AvgIpc) is 2.89. The first-order valence-corrected chi connectivity index (χ1v) is 14.1. The zero-order chi connectivity index (χ0) is 31.5. The van der Waals surface area contributed by atoms with Crippen LogP contribution in [0.1, 0.15) is 59.8 Å². The third-order valence-corrected chi connectivity index (χ3v) is 8.49. The maximum absolute atomic E-state index is 15.8. The Hall–Kier alpha value is -2.26. The SMILES string of the molecule is C=C1C[C@](O)(C(O)C(=O)NC2OCO[C@H]3[C@@H]2OC(CC(O)CCC/C=C/C=C/C(=O)O)C(C)(C)C3(F)F)O[C@H](C)[C@@H]1C. The van der Waals surface area contributed by atoms with E-state index in [2.05, 4.69) is 11.9 Å². The van der Waals surface area contributed by atoms with Gasteiger partial charge >= 0.3 is 5.97 Å². The van der Waals surface area contributed by atoms with E-state index in [0.717, 1.165) is 6.08 Å². The van der Waals surface area contributed by atoms with Crippen molar-refractivity contribution in [1.29, 1.82) is 0 Å². The van der Waals surface area contributed by atoms with Gasteiger partial charge in [0.05, 0.1) is 23.7 Å². The zero-order valence-electron chi connectivity index (χ0n) is 24.4. The minimum Gasteiger partial charge on any atom is -0.478 e. The van der Waals surface area contributed by atoms with Crippen molar-refractivity contribution in [2.24, 2.45) is 11.3 Å². The number of unbranched alkanes of at least 4 members (excludes halogenated alkanes) is 1. The normalized spacial score (nSPS) is 36.0. The molecule has 0 aromatic rings. The number of halogens is 2. The number of carbonyl (C=O) groups excluding carboxylic acids is 1. The molecule has 0 aromatic carbocycles. The molecular formula is C29H43F2NO10. The van der Waals surface area contributed by atoms with Gasteiger partial charge in [0, 0.05) is 24.8 Å². The monoisotopic (exact) mass is 603 g/mol. The number of hydrogen-bond acceptors (Lipinski definition) is 9. The van der Waals surface area contributed by atoms with Crippen LogP contribution in [0.3, 0.4) is 0 Å². The van der Waals surface area contributed by atoms with Crippen molar-refractivity contribution in [2.45, 2.75) is 114 Å². The fourth-order valence-electron chi connectivity index (χ4n) is 5.42. The molecule has 238 valence electrons. The molecule has 13 heteroatoms. The van der Waals surface area contributed by atoms with E-state index in [0.29, 0.717) is 18.4 Å². The van der Waals surface area contributed by atoms with E-state index in [1.807, 2.05) is 6.92 Å². The molecule has 0 saturated carbocycles. The van der Waals surface area contributed by atoms with Crippen LogP contribution in [0.5, 0.6) is 0 Å². The number of carbonyl (C=O) groups is 2. The zero-order valence-corrected chi connectivity index (χ0v) is 24.4. The summed E-state index contributed by atoms with van der Waals surface area (Å²) in [5.74, 6) is -8.03. The third-order valence-electron chi connectivity index (χ3n) is 8.49. The van der Waals surface area contributed by atoms with Crippen LogP contribution in [0, 0.1) is 11.3 Å². The van der Waals surface area contributed by atoms with Crippen molar-refractivity contribution in [2.75, 3.05) is 6.79 Å². The largest absolute Gasteiger partial charge is 0.478 e. The molecule has 5 N–H and O–H groups in total. The maximum atomic E-state index is 15.8. The number of amides is 1. The Kier molecular flexibility index (Phi) is 11.1. The van der Waals surface area contributed by atoms with Crippen molar-refractivity contribution < 1.29 is 57.7 Å². The van der Waals surface area contributed by atoms with Crippen LogP contribution in [0.25, 0.3) is 0 Å². The number of hydrogen-bond donors (Lipinski definition) is 5. The summed E-state index contributed by atoms with van der Waals surface area (Å²) in [6, 6.07) is 0.